The van der Waals surface area contributed by atoms with E-state index in [9.17, 15) is 23.5 Å². The molecule has 0 saturated heterocycles. The largest absolute Gasteiger partial charge is 0.492 e. The summed E-state index contributed by atoms with van der Waals surface area (Å²) in [7, 11) is 0. The predicted molar refractivity (Wildman–Crippen MR) is 128 cm³/mol. The Labute approximate surface area is 206 Å². The lowest BCUT2D eigenvalue weighted by Gasteiger charge is -2.24. The third-order valence-corrected chi connectivity index (χ3v) is 5.99. The van der Waals surface area contributed by atoms with Gasteiger partial charge in [0.1, 0.15) is 18.5 Å². The van der Waals surface area contributed by atoms with Crippen LogP contribution in [0.1, 0.15) is 70.8 Å². The molecule has 0 spiro atoms. The van der Waals surface area contributed by atoms with Crippen molar-refractivity contribution >= 4 is 12.1 Å². The summed E-state index contributed by atoms with van der Waals surface area (Å²) in [4.78, 5) is 25.5. The van der Waals surface area contributed by atoms with Gasteiger partial charge in [-0.25, -0.2) is 18.4 Å². The number of amides is 1. The van der Waals surface area contributed by atoms with Crippen molar-refractivity contribution in [2.24, 2.45) is 0 Å². The molecule has 1 aromatic carbocycles. The first-order valence-corrected chi connectivity index (χ1v) is 12.6. The first kappa shape index (κ1) is 28.8. The van der Waals surface area contributed by atoms with Crippen LogP contribution in [0.2, 0.25) is 0 Å². The van der Waals surface area contributed by atoms with Crippen LogP contribution in [0.3, 0.4) is 0 Å². The Bertz CT molecular complexity index is 762. The smallest absolute Gasteiger partial charge is 0.410 e. The number of unbranched alkanes of at least 4 members (excludes halogenated alkanes) is 2. The van der Waals surface area contributed by atoms with Crippen molar-refractivity contribution in [3.05, 3.63) is 29.8 Å². The maximum atomic E-state index is 13.0. The number of benzene rings is 1. The Balaban J connectivity index is 1.83. The molecule has 0 radical (unpaired) electrons. The van der Waals surface area contributed by atoms with Gasteiger partial charge in [0, 0.05) is 26.0 Å². The van der Waals surface area contributed by atoms with Gasteiger partial charge < -0.3 is 24.2 Å². The molecule has 2 rings (SSSR count). The average molecular weight is 500 g/mol. The van der Waals surface area contributed by atoms with Crippen molar-refractivity contribution in [1.29, 1.82) is 0 Å². The normalized spacial score (nSPS) is 15.1. The summed E-state index contributed by atoms with van der Waals surface area (Å²) in [6, 6.07) is 7.10. The standard InChI is InChI=1S/C26H39F2NO6/c1-3-33-23(24(30)31)19-20-11-13-21(14-12-20)34-18-17-29(16-8-4-7-15-26(2,27)28)25(32)35-22-9-5-6-10-22/h11-14,22-23H,3-10,15-19H2,1-2H3,(H,30,31). The summed E-state index contributed by atoms with van der Waals surface area (Å²) in [5, 5.41) is 9.22. The van der Waals surface area contributed by atoms with Crippen LogP contribution in [-0.2, 0) is 20.7 Å². The SMILES string of the molecule is CCOC(Cc1ccc(OCCN(CCCCCC(C)(F)F)C(=O)OC2CCCC2)cc1)C(=O)O. The number of halogens is 2. The van der Waals surface area contributed by atoms with Crippen molar-refractivity contribution in [2.75, 3.05) is 26.3 Å². The summed E-state index contributed by atoms with van der Waals surface area (Å²) < 4.78 is 42.7. The summed E-state index contributed by atoms with van der Waals surface area (Å²) in [6.45, 7) is 4.00. The fourth-order valence-electron chi connectivity index (χ4n) is 4.06. The van der Waals surface area contributed by atoms with Crippen LogP contribution < -0.4 is 4.74 Å². The molecule has 0 bridgehead atoms. The lowest BCUT2D eigenvalue weighted by Crippen LogP contribution is -2.37. The number of hydrogen-bond donors (Lipinski definition) is 1. The number of nitrogens with zero attached hydrogens (tertiary/aromatic N) is 1. The molecular formula is C26H39F2NO6. The van der Waals surface area contributed by atoms with E-state index in [1.165, 1.54) is 0 Å². The van der Waals surface area contributed by atoms with Crippen LogP contribution in [0, 0.1) is 0 Å². The molecular weight excluding hydrogens is 460 g/mol. The highest BCUT2D eigenvalue weighted by Gasteiger charge is 2.24. The van der Waals surface area contributed by atoms with E-state index < -0.39 is 18.0 Å². The van der Waals surface area contributed by atoms with E-state index in [4.69, 9.17) is 14.2 Å². The number of carboxylic acid groups (broad SMARTS) is 1. The molecule has 1 saturated carbocycles. The molecule has 0 heterocycles. The average Bonchev–Trinajstić information content (AvgIpc) is 3.30. The van der Waals surface area contributed by atoms with Crippen molar-refractivity contribution in [1.82, 2.24) is 4.90 Å². The molecule has 0 aliphatic heterocycles. The second-order valence-electron chi connectivity index (χ2n) is 9.14. The van der Waals surface area contributed by atoms with Gasteiger partial charge in [-0.1, -0.05) is 18.6 Å². The Morgan fingerprint density at radius 2 is 1.80 bits per heavy atom. The molecule has 1 aliphatic rings. The second-order valence-corrected chi connectivity index (χ2v) is 9.14. The molecule has 1 aromatic rings. The lowest BCUT2D eigenvalue weighted by molar-refractivity contribution is -0.149. The van der Waals surface area contributed by atoms with Gasteiger partial charge in [-0.05, 0) is 70.1 Å². The first-order chi connectivity index (χ1) is 16.7. The van der Waals surface area contributed by atoms with Gasteiger partial charge >= 0.3 is 12.1 Å². The van der Waals surface area contributed by atoms with E-state index >= 15 is 0 Å². The number of carboxylic acids is 1. The molecule has 1 fully saturated rings. The monoisotopic (exact) mass is 499 g/mol. The van der Waals surface area contributed by atoms with Gasteiger partial charge in [-0.2, -0.15) is 0 Å². The molecule has 0 aromatic heterocycles. The highest BCUT2D eigenvalue weighted by Crippen LogP contribution is 2.23. The van der Waals surface area contributed by atoms with Crippen LogP contribution in [0.5, 0.6) is 5.75 Å². The number of aliphatic carboxylic acids is 1. The summed E-state index contributed by atoms with van der Waals surface area (Å²) in [6.07, 6.45) is 4.27. The molecule has 1 aliphatic carbocycles. The minimum absolute atomic E-state index is 0.0523. The molecule has 9 heteroatoms. The number of hydrogen-bond acceptors (Lipinski definition) is 5. The summed E-state index contributed by atoms with van der Waals surface area (Å²) in [5.74, 6) is -3.06. The lowest BCUT2D eigenvalue weighted by atomic mass is 10.1. The van der Waals surface area contributed by atoms with Crippen LogP contribution in [0.25, 0.3) is 0 Å². The third-order valence-electron chi connectivity index (χ3n) is 5.99. The first-order valence-electron chi connectivity index (χ1n) is 12.6. The molecule has 1 N–H and O–H groups in total. The van der Waals surface area contributed by atoms with Crippen LogP contribution in [0.4, 0.5) is 13.6 Å². The van der Waals surface area contributed by atoms with E-state index in [0.29, 0.717) is 44.7 Å². The van der Waals surface area contributed by atoms with E-state index in [-0.39, 0.29) is 31.6 Å². The zero-order chi connectivity index (χ0) is 25.7. The van der Waals surface area contributed by atoms with Crippen LogP contribution in [0.15, 0.2) is 24.3 Å². The maximum Gasteiger partial charge on any atom is 0.410 e. The van der Waals surface area contributed by atoms with E-state index in [1.807, 2.05) is 0 Å². The number of carbonyl (C=O) groups excluding carboxylic acids is 1. The van der Waals surface area contributed by atoms with Crippen molar-refractivity contribution < 1.29 is 37.7 Å². The quantitative estimate of drug-likeness (QED) is 0.294. The highest BCUT2D eigenvalue weighted by atomic mass is 19.3. The molecule has 1 amide bonds. The minimum atomic E-state index is -2.66. The Morgan fingerprint density at radius 1 is 1.11 bits per heavy atom. The van der Waals surface area contributed by atoms with Gasteiger partial charge in [0.25, 0.3) is 0 Å². The van der Waals surface area contributed by atoms with Crippen molar-refractivity contribution in [2.45, 2.75) is 89.8 Å². The molecule has 1 atom stereocenters. The predicted octanol–water partition coefficient (Wildman–Crippen LogP) is 5.69. The number of rotatable bonds is 16. The Morgan fingerprint density at radius 3 is 2.40 bits per heavy atom. The van der Waals surface area contributed by atoms with E-state index in [0.717, 1.165) is 38.2 Å². The highest BCUT2D eigenvalue weighted by molar-refractivity contribution is 5.72. The molecule has 7 nitrogen and oxygen atoms in total. The van der Waals surface area contributed by atoms with Gasteiger partial charge in [-0.15, -0.1) is 0 Å². The second kappa shape index (κ2) is 14.9. The van der Waals surface area contributed by atoms with Crippen LogP contribution >= 0.6 is 0 Å². The minimum Gasteiger partial charge on any atom is -0.492 e. The Kier molecular flexibility index (Phi) is 12.2. The number of carbonyl (C=O) groups is 2. The summed E-state index contributed by atoms with van der Waals surface area (Å²) in [5.41, 5.74) is 0.817. The van der Waals surface area contributed by atoms with Crippen LogP contribution in [-0.4, -0.2) is 66.5 Å². The fourth-order valence-corrected chi connectivity index (χ4v) is 4.06. The van der Waals surface area contributed by atoms with Gasteiger partial charge in [0.05, 0.1) is 6.54 Å². The van der Waals surface area contributed by atoms with Gasteiger partial charge in [0.2, 0.25) is 5.92 Å². The fraction of sp³-hybridized carbons (Fsp3) is 0.692. The zero-order valence-electron chi connectivity index (χ0n) is 20.8. The van der Waals surface area contributed by atoms with E-state index in [2.05, 4.69) is 0 Å². The molecule has 1 unspecified atom stereocenters. The summed E-state index contributed by atoms with van der Waals surface area (Å²) >= 11 is 0. The molecule has 198 valence electrons. The Hall–Kier alpha value is -2.42. The number of alkyl halides is 2. The van der Waals surface area contributed by atoms with Gasteiger partial charge in [0.15, 0.2) is 6.10 Å². The number of ether oxygens (including phenoxy) is 3. The van der Waals surface area contributed by atoms with Gasteiger partial charge in [-0.3, -0.25) is 0 Å². The third kappa shape index (κ3) is 11.7. The topological polar surface area (TPSA) is 85.3 Å². The molecule has 35 heavy (non-hydrogen) atoms. The maximum absolute atomic E-state index is 13.0. The van der Waals surface area contributed by atoms with Crippen molar-refractivity contribution in [3.8, 4) is 5.75 Å². The van der Waals surface area contributed by atoms with E-state index in [1.54, 1.807) is 36.1 Å². The zero-order valence-corrected chi connectivity index (χ0v) is 20.8. The van der Waals surface area contributed by atoms with Crippen molar-refractivity contribution in [3.63, 3.8) is 0 Å².